The fourth-order valence-electron chi connectivity index (χ4n) is 3.36. The van der Waals surface area contributed by atoms with Crippen molar-refractivity contribution >= 4 is 27.8 Å². The average molecular weight is 326 g/mol. The zero-order chi connectivity index (χ0) is 13.4. The van der Waals surface area contributed by atoms with Gasteiger partial charge in [-0.15, -0.1) is 0 Å². The summed E-state index contributed by atoms with van der Waals surface area (Å²) < 4.78 is 2.48. The molecular formula is C11H12BrN5O2. The minimum atomic E-state index is -1.35. The van der Waals surface area contributed by atoms with Crippen molar-refractivity contribution in [2.45, 2.75) is 24.4 Å². The first-order valence-electron chi connectivity index (χ1n) is 6.04. The molecule has 4 N–H and O–H groups in total. The number of aliphatic imine (C=N–C) groups is 1. The fraction of sp³-hybridized carbons (Fsp3) is 0.455. The first-order valence-corrected chi connectivity index (χ1v) is 6.83. The Kier molecular flexibility index (Phi) is 1.86. The van der Waals surface area contributed by atoms with Crippen LogP contribution in [0.15, 0.2) is 21.7 Å². The molecule has 1 amide bonds. The number of fused-ring (bicyclic) bond motifs is 1. The number of nitrogens with two attached hydrogens (primary N) is 1. The minimum absolute atomic E-state index is 0.135. The number of carbonyl (C=O) groups excluding carboxylic acids is 1. The van der Waals surface area contributed by atoms with Crippen molar-refractivity contribution in [3.05, 3.63) is 22.4 Å². The lowest BCUT2D eigenvalue weighted by Gasteiger charge is -2.46. The van der Waals surface area contributed by atoms with Gasteiger partial charge >= 0.3 is 0 Å². The Morgan fingerprint density at radius 2 is 2.37 bits per heavy atom. The summed E-state index contributed by atoms with van der Waals surface area (Å²) >= 11 is 3.35. The highest BCUT2D eigenvalue weighted by Gasteiger charge is 2.67. The minimum Gasteiger partial charge on any atom is -0.370 e. The van der Waals surface area contributed by atoms with Crippen molar-refractivity contribution in [2.24, 2.45) is 10.7 Å². The molecule has 19 heavy (non-hydrogen) atoms. The van der Waals surface area contributed by atoms with E-state index < -0.39 is 11.5 Å². The van der Waals surface area contributed by atoms with Gasteiger partial charge in [0.1, 0.15) is 5.69 Å². The molecule has 4 rings (SSSR count). The SMILES string of the molecule is NC1=NC23N(CCCC2(O)N1)C(=O)c1cc(Br)cn13. The number of nitrogens with zero attached hydrogens (tertiary/aromatic N) is 3. The van der Waals surface area contributed by atoms with Crippen LogP contribution < -0.4 is 11.1 Å². The number of guanidine groups is 1. The monoisotopic (exact) mass is 325 g/mol. The largest absolute Gasteiger partial charge is 0.370 e. The second-order valence-electron chi connectivity index (χ2n) is 5.09. The molecule has 2 atom stereocenters. The molecule has 0 aromatic carbocycles. The quantitative estimate of drug-likeness (QED) is 0.611. The number of rotatable bonds is 0. The van der Waals surface area contributed by atoms with Crippen LogP contribution in [0.4, 0.5) is 0 Å². The predicted molar refractivity (Wildman–Crippen MR) is 70.1 cm³/mol. The number of carbonyl (C=O) groups is 1. The summed E-state index contributed by atoms with van der Waals surface area (Å²) in [5.74, 6) is -1.17. The molecule has 8 heteroatoms. The molecule has 0 saturated carbocycles. The molecule has 3 aliphatic heterocycles. The van der Waals surface area contributed by atoms with Gasteiger partial charge < -0.3 is 16.2 Å². The molecule has 1 aromatic heterocycles. The van der Waals surface area contributed by atoms with Gasteiger partial charge in [0.15, 0.2) is 5.96 Å². The Labute approximate surface area is 117 Å². The van der Waals surface area contributed by atoms with Crippen LogP contribution in [-0.4, -0.2) is 38.7 Å². The number of aromatic nitrogens is 1. The van der Waals surface area contributed by atoms with E-state index in [1.807, 2.05) is 0 Å². The van der Waals surface area contributed by atoms with E-state index in [-0.39, 0.29) is 11.9 Å². The van der Waals surface area contributed by atoms with Crippen LogP contribution in [0.25, 0.3) is 0 Å². The van der Waals surface area contributed by atoms with E-state index in [2.05, 4.69) is 26.2 Å². The standard InChI is InChI=1S/C11H12BrN5O2/c12-6-4-7-8(18)16-3-1-2-10(19)11(16,17(7)5-6)15-9(13)14-10/h4-5,19H,1-3H2,(H3,13,14,15). The zero-order valence-corrected chi connectivity index (χ0v) is 11.5. The number of amides is 1. The molecule has 1 fully saturated rings. The molecule has 0 aliphatic carbocycles. The van der Waals surface area contributed by atoms with Gasteiger partial charge in [-0.25, -0.2) is 0 Å². The van der Waals surface area contributed by atoms with Crippen molar-refractivity contribution < 1.29 is 9.90 Å². The molecule has 7 nitrogen and oxygen atoms in total. The second kappa shape index (κ2) is 3.13. The Morgan fingerprint density at radius 3 is 3.16 bits per heavy atom. The number of halogens is 1. The Bertz CT molecular complexity index is 641. The molecule has 1 saturated heterocycles. The van der Waals surface area contributed by atoms with Gasteiger partial charge in [0.25, 0.3) is 11.7 Å². The van der Waals surface area contributed by atoms with E-state index in [4.69, 9.17) is 5.73 Å². The van der Waals surface area contributed by atoms with E-state index in [1.165, 1.54) is 0 Å². The van der Waals surface area contributed by atoms with Crippen molar-refractivity contribution in [3.8, 4) is 0 Å². The lowest BCUT2D eigenvalue weighted by molar-refractivity contribution is -0.156. The second-order valence-corrected chi connectivity index (χ2v) is 6.01. The highest BCUT2D eigenvalue weighted by atomic mass is 79.9. The summed E-state index contributed by atoms with van der Waals surface area (Å²) in [5.41, 5.74) is 4.91. The van der Waals surface area contributed by atoms with Crippen LogP contribution in [-0.2, 0) is 5.79 Å². The summed E-state index contributed by atoms with van der Waals surface area (Å²) in [6, 6.07) is 1.74. The third-order valence-corrected chi connectivity index (χ3v) is 4.48. The molecule has 0 radical (unpaired) electrons. The van der Waals surface area contributed by atoms with Crippen LogP contribution in [0.3, 0.4) is 0 Å². The van der Waals surface area contributed by atoms with Crippen LogP contribution in [0, 0.1) is 0 Å². The summed E-state index contributed by atoms with van der Waals surface area (Å²) in [6.45, 7) is 0.554. The molecule has 4 heterocycles. The van der Waals surface area contributed by atoms with Crippen LogP contribution in [0.2, 0.25) is 0 Å². The number of hydrogen-bond donors (Lipinski definition) is 3. The maximum atomic E-state index is 12.5. The normalized spacial score (nSPS) is 35.6. The molecule has 2 unspecified atom stereocenters. The third kappa shape index (κ3) is 1.08. The van der Waals surface area contributed by atoms with Crippen molar-refractivity contribution in [1.29, 1.82) is 0 Å². The Morgan fingerprint density at radius 1 is 1.58 bits per heavy atom. The average Bonchev–Trinajstić information content (AvgIpc) is 2.89. The fourth-order valence-corrected chi connectivity index (χ4v) is 3.79. The lowest BCUT2D eigenvalue weighted by Crippen LogP contribution is -2.67. The Balaban J connectivity index is 2.04. The topological polar surface area (TPSA) is 95.9 Å². The van der Waals surface area contributed by atoms with Gasteiger partial charge in [0.05, 0.1) is 0 Å². The first kappa shape index (κ1) is 11.3. The summed E-state index contributed by atoms with van der Waals surface area (Å²) in [4.78, 5) is 18.4. The van der Waals surface area contributed by atoms with Gasteiger partial charge in [0, 0.05) is 23.6 Å². The van der Waals surface area contributed by atoms with Crippen molar-refractivity contribution in [2.75, 3.05) is 6.54 Å². The van der Waals surface area contributed by atoms with Crippen LogP contribution in [0.5, 0.6) is 0 Å². The summed E-state index contributed by atoms with van der Waals surface area (Å²) in [5, 5.41) is 13.7. The molecule has 0 bridgehead atoms. The Hall–Kier alpha value is -1.54. The van der Waals surface area contributed by atoms with Gasteiger partial charge in [0.2, 0.25) is 5.72 Å². The lowest BCUT2D eigenvalue weighted by atomic mass is 9.94. The predicted octanol–water partition coefficient (Wildman–Crippen LogP) is -0.283. The first-order chi connectivity index (χ1) is 8.98. The van der Waals surface area contributed by atoms with Gasteiger partial charge in [-0.2, -0.15) is 4.99 Å². The van der Waals surface area contributed by atoms with E-state index in [0.717, 1.165) is 4.47 Å². The third-order valence-electron chi connectivity index (χ3n) is 4.05. The van der Waals surface area contributed by atoms with E-state index >= 15 is 0 Å². The van der Waals surface area contributed by atoms with Crippen molar-refractivity contribution in [1.82, 2.24) is 14.8 Å². The van der Waals surface area contributed by atoms with Crippen LogP contribution in [0.1, 0.15) is 23.3 Å². The highest BCUT2D eigenvalue weighted by Crippen LogP contribution is 2.49. The van der Waals surface area contributed by atoms with E-state index in [0.29, 0.717) is 25.1 Å². The van der Waals surface area contributed by atoms with Crippen LogP contribution >= 0.6 is 15.9 Å². The zero-order valence-electron chi connectivity index (χ0n) is 9.93. The number of hydrogen-bond acceptors (Lipinski definition) is 5. The molecule has 100 valence electrons. The number of aliphatic hydroxyl groups is 1. The number of nitrogens with one attached hydrogen (secondary N) is 1. The maximum Gasteiger partial charge on any atom is 0.274 e. The van der Waals surface area contributed by atoms with E-state index in [1.54, 1.807) is 21.7 Å². The van der Waals surface area contributed by atoms with Gasteiger partial charge in [-0.3, -0.25) is 14.3 Å². The molecule has 3 aliphatic rings. The molecule has 1 aromatic rings. The maximum absolute atomic E-state index is 12.5. The molecule has 1 spiro atoms. The van der Waals surface area contributed by atoms with Gasteiger partial charge in [-0.1, -0.05) is 0 Å². The molecular weight excluding hydrogens is 314 g/mol. The number of piperidine rings is 1. The summed E-state index contributed by atoms with van der Waals surface area (Å²) in [7, 11) is 0. The summed E-state index contributed by atoms with van der Waals surface area (Å²) in [6.07, 6.45) is 2.94. The van der Waals surface area contributed by atoms with E-state index in [9.17, 15) is 9.90 Å². The highest BCUT2D eigenvalue weighted by molar-refractivity contribution is 9.10. The smallest absolute Gasteiger partial charge is 0.274 e. The van der Waals surface area contributed by atoms with Crippen molar-refractivity contribution in [3.63, 3.8) is 0 Å². The van der Waals surface area contributed by atoms with Gasteiger partial charge in [-0.05, 0) is 28.4 Å².